The molecule has 1 aromatic carbocycles. The minimum atomic E-state index is -4.50. The lowest BCUT2D eigenvalue weighted by Crippen LogP contribution is -2.08. The second kappa shape index (κ2) is 8.89. The smallest absolute Gasteiger partial charge is 0.434 e. The van der Waals surface area contributed by atoms with E-state index in [9.17, 15) is 13.2 Å². The van der Waals surface area contributed by atoms with Crippen LogP contribution in [0.5, 0.6) is 5.88 Å². The fraction of sp³-hybridized carbons (Fsp3) is 0.308. The molecule has 4 aromatic heterocycles. The van der Waals surface area contributed by atoms with Crippen molar-refractivity contribution in [1.82, 2.24) is 39.3 Å². The van der Waals surface area contributed by atoms with Crippen LogP contribution < -0.4 is 4.74 Å². The maximum atomic E-state index is 13.2. The van der Waals surface area contributed by atoms with Crippen LogP contribution in [0.15, 0.2) is 43.2 Å². The Balaban J connectivity index is 1.39. The molecule has 0 saturated heterocycles. The molecule has 0 atom stereocenters. The van der Waals surface area contributed by atoms with Crippen molar-refractivity contribution in [1.29, 1.82) is 0 Å². The lowest BCUT2D eigenvalue weighted by molar-refractivity contribution is -0.140. The second-order valence-electron chi connectivity index (χ2n) is 9.39. The van der Waals surface area contributed by atoms with E-state index in [0.717, 1.165) is 41.6 Å². The zero-order valence-electron chi connectivity index (χ0n) is 20.9. The van der Waals surface area contributed by atoms with Gasteiger partial charge in [-0.3, -0.25) is 0 Å². The van der Waals surface area contributed by atoms with E-state index in [1.54, 1.807) is 31.1 Å². The second-order valence-corrected chi connectivity index (χ2v) is 9.39. The van der Waals surface area contributed by atoms with E-state index in [4.69, 9.17) is 9.84 Å². The summed E-state index contributed by atoms with van der Waals surface area (Å²) < 4.78 is 48.2. The highest BCUT2D eigenvalue weighted by molar-refractivity contribution is 5.79. The predicted molar refractivity (Wildman–Crippen MR) is 132 cm³/mol. The molecule has 0 aliphatic heterocycles. The molecule has 0 spiro atoms. The number of aryl methyl sites for hydroxylation is 2. The first-order valence-corrected chi connectivity index (χ1v) is 12.0. The van der Waals surface area contributed by atoms with Crippen molar-refractivity contribution in [2.45, 2.75) is 38.3 Å². The number of nitrogens with zero attached hydrogens (tertiary/aromatic N) is 8. The number of rotatable bonds is 6. The number of alkyl halides is 3. The van der Waals surface area contributed by atoms with E-state index >= 15 is 0 Å². The maximum Gasteiger partial charge on any atom is 0.434 e. The number of methoxy groups -OCH3 is 1. The Hall–Kier alpha value is -4.35. The van der Waals surface area contributed by atoms with Gasteiger partial charge in [-0.05, 0) is 30.9 Å². The summed E-state index contributed by atoms with van der Waals surface area (Å²) in [6.45, 7) is 1.85. The van der Waals surface area contributed by atoms with Crippen LogP contribution in [-0.4, -0.2) is 46.4 Å². The zero-order valence-corrected chi connectivity index (χ0v) is 20.9. The lowest BCUT2D eigenvalue weighted by Gasteiger charge is -2.12. The minimum absolute atomic E-state index is 0.257. The average molecular weight is 521 g/mol. The van der Waals surface area contributed by atoms with Crippen LogP contribution in [0.1, 0.15) is 47.0 Å². The molecule has 4 heterocycles. The van der Waals surface area contributed by atoms with Gasteiger partial charge in [0.25, 0.3) is 0 Å². The highest BCUT2D eigenvalue weighted by atomic mass is 19.4. The standard InChI is InChI=1S/C26H23F3N8O/c1-14-8-15(4-7-17(14)24-34-20(11-36(24)2)26(27,28)29)9-18-22-19(10-30-12-31-22)37(35-18)23-21(16-5-6-16)32-13-33-25(23)38-3/h4,7-8,10-13,16H,5-6,9H2,1-3H3. The van der Waals surface area contributed by atoms with Crippen LogP contribution in [0.2, 0.25) is 0 Å². The van der Waals surface area contributed by atoms with Gasteiger partial charge >= 0.3 is 6.18 Å². The van der Waals surface area contributed by atoms with Gasteiger partial charge in [0.2, 0.25) is 5.88 Å². The number of imidazole rings is 1. The molecule has 1 fully saturated rings. The van der Waals surface area contributed by atoms with Crippen LogP contribution in [-0.2, 0) is 19.6 Å². The Morgan fingerprint density at radius 2 is 1.92 bits per heavy atom. The first-order chi connectivity index (χ1) is 18.2. The summed E-state index contributed by atoms with van der Waals surface area (Å²) in [7, 11) is 3.12. The molecule has 9 nitrogen and oxygen atoms in total. The number of ether oxygens (including phenoxy) is 1. The van der Waals surface area contributed by atoms with Crippen molar-refractivity contribution < 1.29 is 17.9 Å². The molecule has 0 N–H and O–H groups in total. The summed E-state index contributed by atoms with van der Waals surface area (Å²) in [4.78, 5) is 21.4. The first-order valence-electron chi connectivity index (χ1n) is 12.0. The monoisotopic (exact) mass is 520 g/mol. The summed E-state index contributed by atoms with van der Waals surface area (Å²) in [5.41, 5.74) is 5.13. The maximum absolute atomic E-state index is 13.2. The molecule has 0 unspecified atom stereocenters. The number of halogens is 3. The third-order valence-corrected chi connectivity index (χ3v) is 6.67. The quantitative estimate of drug-likeness (QED) is 0.317. The molecule has 5 aromatic rings. The zero-order chi connectivity index (χ0) is 26.6. The van der Waals surface area contributed by atoms with Gasteiger partial charge in [0.1, 0.15) is 35.2 Å². The Bertz CT molecular complexity index is 1670. The van der Waals surface area contributed by atoms with Crippen molar-refractivity contribution in [3.63, 3.8) is 0 Å². The molecule has 12 heteroatoms. The molecule has 1 aliphatic rings. The topological polar surface area (TPSA) is 96.4 Å². The molecular formula is C26H23F3N8O. The van der Waals surface area contributed by atoms with E-state index in [1.807, 2.05) is 19.1 Å². The Labute approximate surface area is 215 Å². The van der Waals surface area contributed by atoms with Crippen molar-refractivity contribution in [3.05, 3.63) is 71.5 Å². The van der Waals surface area contributed by atoms with Gasteiger partial charge in [0.15, 0.2) is 5.69 Å². The SMILES string of the molecule is COc1ncnc(C2CC2)c1-n1nc(Cc2ccc(-c3nc(C(F)(F)F)cn3C)c(C)c2)c2ncncc21. The summed E-state index contributed by atoms with van der Waals surface area (Å²) in [6, 6.07) is 5.60. The fourth-order valence-corrected chi connectivity index (χ4v) is 4.72. The summed E-state index contributed by atoms with van der Waals surface area (Å²) in [6.07, 6.45) is 3.72. The average Bonchev–Trinajstić information content (AvgIpc) is 3.58. The van der Waals surface area contributed by atoms with Gasteiger partial charge in [-0.15, -0.1) is 0 Å². The minimum Gasteiger partial charge on any atom is -0.479 e. The van der Waals surface area contributed by atoms with Gasteiger partial charge < -0.3 is 9.30 Å². The van der Waals surface area contributed by atoms with Gasteiger partial charge in [0, 0.05) is 31.1 Å². The molecule has 1 aliphatic carbocycles. The highest BCUT2D eigenvalue weighted by Gasteiger charge is 2.35. The number of fused-ring (bicyclic) bond motifs is 1. The number of benzene rings is 1. The van der Waals surface area contributed by atoms with Crippen LogP contribution >= 0.6 is 0 Å². The molecular weight excluding hydrogens is 497 g/mol. The van der Waals surface area contributed by atoms with Crippen LogP contribution in [0.4, 0.5) is 13.2 Å². The lowest BCUT2D eigenvalue weighted by atomic mass is 10.0. The van der Waals surface area contributed by atoms with Crippen molar-refractivity contribution in [2.24, 2.45) is 7.05 Å². The van der Waals surface area contributed by atoms with Gasteiger partial charge in [-0.2, -0.15) is 23.3 Å². The van der Waals surface area contributed by atoms with E-state index in [1.165, 1.54) is 17.2 Å². The molecule has 194 valence electrons. The van der Waals surface area contributed by atoms with Crippen LogP contribution in [0, 0.1) is 6.92 Å². The molecule has 0 amide bonds. The van der Waals surface area contributed by atoms with E-state index < -0.39 is 11.9 Å². The van der Waals surface area contributed by atoms with E-state index in [0.29, 0.717) is 40.5 Å². The third kappa shape index (κ3) is 4.15. The number of aromatic nitrogens is 8. The molecule has 6 rings (SSSR count). The molecule has 0 bridgehead atoms. The van der Waals surface area contributed by atoms with Crippen molar-refractivity contribution in [3.8, 4) is 23.0 Å². The highest BCUT2D eigenvalue weighted by Crippen LogP contribution is 2.44. The molecule has 38 heavy (non-hydrogen) atoms. The Morgan fingerprint density at radius 3 is 2.61 bits per heavy atom. The fourth-order valence-electron chi connectivity index (χ4n) is 4.72. The van der Waals surface area contributed by atoms with Crippen molar-refractivity contribution >= 4 is 11.0 Å². The molecule has 0 radical (unpaired) electrons. The predicted octanol–water partition coefficient (Wildman–Crippen LogP) is 4.81. The third-order valence-electron chi connectivity index (χ3n) is 6.67. The van der Waals surface area contributed by atoms with Crippen LogP contribution in [0.25, 0.3) is 28.1 Å². The molecule has 1 saturated carbocycles. The number of hydrogen-bond acceptors (Lipinski definition) is 7. The Morgan fingerprint density at radius 1 is 1.11 bits per heavy atom. The normalized spacial score (nSPS) is 13.8. The van der Waals surface area contributed by atoms with Crippen LogP contribution in [0.3, 0.4) is 0 Å². The van der Waals surface area contributed by atoms with Crippen molar-refractivity contribution in [2.75, 3.05) is 7.11 Å². The van der Waals surface area contributed by atoms with Gasteiger partial charge in [-0.25, -0.2) is 24.6 Å². The summed E-state index contributed by atoms with van der Waals surface area (Å²) >= 11 is 0. The number of hydrogen-bond donors (Lipinski definition) is 0. The van der Waals surface area contributed by atoms with Gasteiger partial charge in [-0.1, -0.05) is 18.2 Å². The van der Waals surface area contributed by atoms with Gasteiger partial charge in [0.05, 0.1) is 24.7 Å². The van der Waals surface area contributed by atoms with E-state index in [2.05, 4.69) is 24.9 Å². The largest absolute Gasteiger partial charge is 0.479 e. The Kier molecular flexibility index (Phi) is 5.62. The summed E-state index contributed by atoms with van der Waals surface area (Å²) in [5.74, 6) is 1.01. The van der Waals surface area contributed by atoms with E-state index in [-0.39, 0.29) is 5.82 Å². The summed E-state index contributed by atoms with van der Waals surface area (Å²) in [5, 5.41) is 4.90. The first kappa shape index (κ1) is 24.0.